The molecule has 1 aromatic heterocycles. The highest BCUT2D eigenvalue weighted by Crippen LogP contribution is 2.47. The Morgan fingerprint density at radius 2 is 1.60 bits per heavy atom. The van der Waals surface area contributed by atoms with E-state index in [1.807, 2.05) is 86.3 Å². The quantitative estimate of drug-likeness (QED) is 0.146. The van der Waals surface area contributed by atoms with Crippen molar-refractivity contribution < 1.29 is 23.9 Å². The van der Waals surface area contributed by atoms with Crippen molar-refractivity contribution in [1.82, 2.24) is 20.4 Å². The van der Waals surface area contributed by atoms with Gasteiger partial charge in [-0.2, -0.15) is 5.10 Å². The van der Waals surface area contributed by atoms with Gasteiger partial charge in [0.2, 0.25) is 5.91 Å². The molecule has 10 nitrogen and oxygen atoms in total. The first-order valence-electron chi connectivity index (χ1n) is 17.4. The maximum atomic E-state index is 14.7. The molecule has 1 aliphatic rings. The van der Waals surface area contributed by atoms with Crippen molar-refractivity contribution in [3.63, 3.8) is 0 Å². The zero-order chi connectivity index (χ0) is 35.8. The maximum absolute atomic E-state index is 14.7. The molecule has 1 fully saturated rings. The Balaban J connectivity index is 1.40. The van der Waals surface area contributed by atoms with Gasteiger partial charge in [0.1, 0.15) is 18.4 Å². The van der Waals surface area contributed by atoms with Crippen LogP contribution < -0.4 is 15.6 Å². The van der Waals surface area contributed by atoms with E-state index in [1.165, 1.54) is 0 Å². The lowest BCUT2D eigenvalue weighted by Gasteiger charge is -2.43. The molecule has 2 heterocycles. The van der Waals surface area contributed by atoms with Gasteiger partial charge in [0.05, 0.1) is 17.2 Å². The lowest BCUT2D eigenvalue weighted by Crippen LogP contribution is -2.56. The van der Waals surface area contributed by atoms with E-state index >= 15 is 0 Å². The summed E-state index contributed by atoms with van der Waals surface area (Å²) >= 11 is 0. The predicted molar refractivity (Wildman–Crippen MR) is 191 cm³/mol. The first kappa shape index (κ1) is 36.0. The third kappa shape index (κ3) is 7.64. The summed E-state index contributed by atoms with van der Waals surface area (Å²) < 4.78 is 11.8. The number of aromatic amines is 1. The monoisotopic (exact) mass is 678 g/mol. The second-order valence-corrected chi connectivity index (χ2v) is 12.9. The van der Waals surface area contributed by atoms with Gasteiger partial charge in [-0.05, 0) is 80.8 Å². The summed E-state index contributed by atoms with van der Waals surface area (Å²) in [4.78, 5) is 56.5. The summed E-state index contributed by atoms with van der Waals surface area (Å²) in [6.07, 6.45) is 2.64. The number of amides is 2. The zero-order valence-corrected chi connectivity index (χ0v) is 29.4. The molecule has 1 saturated heterocycles. The normalized spacial score (nSPS) is 16.5. The number of hydrogen-bond acceptors (Lipinski definition) is 7. The molecule has 5 rings (SSSR count). The molecule has 262 valence electrons. The van der Waals surface area contributed by atoms with Gasteiger partial charge in [0, 0.05) is 17.7 Å². The number of carbonyl (C=O) groups is 3. The first-order valence-corrected chi connectivity index (χ1v) is 17.4. The van der Waals surface area contributed by atoms with Crippen molar-refractivity contribution in [2.45, 2.75) is 91.5 Å². The fourth-order valence-corrected chi connectivity index (χ4v) is 7.02. The largest absolute Gasteiger partial charge is 0.460 e. The zero-order valence-electron chi connectivity index (χ0n) is 29.4. The van der Waals surface area contributed by atoms with Crippen LogP contribution in [0.1, 0.15) is 91.7 Å². The molecule has 0 unspecified atom stereocenters. The fraction of sp³-hybridized carbons (Fsp3) is 0.375. The Morgan fingerprint density at radius 1 is 0.920 bits per heavy atom. The number of likely N-dealkylation sites (tertiary alicyclic amines) is 1. The number of nitrogens with one attached hydrogen (secondary N) is 2. The third-order valence-electron chi connectivity index (χ3n) is 9.91. The van der Waals surface area contributed by atoms with Gasteiger partial charge < -0.3 is 19.7 Å². The number of ether oxygens (including phenoxy) is 2. The van der Waals surface area contributed by atoms with Gasteiger partial charge in [-0.1, -0.05) is 81.4 Å². The average molecular weight is 679 g/mol. The van der Waals surface area contributed by atoms with E-state index in [-0.39, 0.29) is 30.3 Å². The smallest absolute Gasteiger partial charge is 0.314 e. The topological polar surface area (TPSA) is 131 Å². The molecule has 0 bridgehead atoms. The van der Waals surface area contributed by atoms with Gasteiger partial charge in [-0.25, -0.2) is 5.10 Å². The molecule has 1 aliphatic heterocycles. The minimum Gasteiger partial charge on any atom is -0.460 e. The fourth-order valence-electron chi connectivity index (χ4n) is 7.02. The van der Waals surface area contributed by atoms with Gasteiger partial charge >= 0.3 is 11.5 Å². The van der Waals surface area contributed by atoms with Crippen LogP contribution in [0.5, 0.6) is 11.5 Å². The Kier molecular flexibility index (Phi) is 11.5. The van der Waals surface area contributed by atoms with Gasteiger partial charge in [-0.3, -0.25) is 19.2 Å². The molecule has 0 radical (unpaired) electrons. The van der Waals surface area contributed by atoms with E-state index in [4.69, 9.17) is 9.47 Å². The van der Waals surface area contributed by atoms with E-state index in [2.05, 4.69) is 15.5 Å². The van der Waals surface area contributed by atoms with E-state index in [0.29, 0.717) is 54.7 Å². The van der Waals surface area contributed by atoms with E-state index in [0.717, 1.165) is 11.1 Å². The molecule has 4 aromatic rings. The standard InChI is InChI=1S/C40H46N4O6/c1-6-31(41-36(45)30-19-21-33(26(4)23-30)50-34-24-27(5)42-43-37(34)46)38(47)44-32(29-17-13-10-14-18-29)20-22-35(44)40(7-2,8-3)39(48)49-25-28-15-11-9-12-16-28/h9-19,21,23-24,31-32,35H,6-8,20,22,25H2,1-5H3,(H,41,45)(H,43,46)/t31-,32+,35-/m1/s1. The molecule has 2 amide bonds. The number of hydrogen-bond donors (Lipinski definition) is 2. The minimum atomic E-state index is -0.932. The molecule has 0 saturated carbocycles. The molecule has 10 heteroatoms. The van der Waals surface area contributed by atoms with Gasteiger partial charge in [0.15, 0.2) is 5.75 Å². The van der Waals surface area contributed by atoms with Crippen molar-refractivity contribution in [1.29, 1.82) is 0 Å². The van der Waals surface area contributed by atoms with Crippen molar-refractivity contribution in [2.24, 2.45) is 5.41 Å². The Labute approximate surface area is 293 Å². The molecular weight excluding hydrogens is 632 g/mol. The van der Waals surface area contributed by atoms with Crippen molar-refractivity contribution >= 4 is 17.8 Å². The molecule has 0 spiro atoms. The van der Waals surface area contributed by atoms with Crippen LogP contribution in [0.2, 0.25) is 0 Å². The second-order valence-electron chi connectivity index (χ2n) is 12.9. The summed E-state index contributed by atoms with van der Waals surface area (Å²) in [5, 5.41) is 9.25. The molecule has 0 aliphatic carbocycles. The number of benzene rings is 3. The molecule has 2 N–H and O–H groups in total. The summed E-state index contributed by atoms with van der Waals surface area (Å²) in [7, 11) is 0. The highest BCUT2D eigenvalue weighted by molar-refractivity contribution is 5.98. The summed E-state index contributed by atoms with van der Waals surface area (Å²) in [6.45, 7) is 9.49. The average Bonchev–Trinajstić information content (AvgIpc) is 3.59. The van der Waals surface area contributed by atoms with Gasteiger partial charge in [0.25, 0.3) is 5.91 Å². The Morgan fingerprint density at radius 3 is 2.24 bits per heavy atom. The van der Waals surface area contributed by atoms with Crippen LogP contribution in [0.25, 0.3) is 0 Å². The maximum Gasteiger partial charge on any atom is 0.314 e. The van der Waals surface area contributed by atoms with Gasteiger partial charge in [-0.15, -0.1) is 0 Å². The minimum absolute atomic E-state index is 0.0989. The van der Waals surface area contributed by atoms with Crippen LogP contribution in [0.3, 0.4) is 0 Å². The number of nitrogens with zero attached hydrogens (tertiary/aromatic N) is 2. The number of aryl methyl sites for hydroxylation is 2. The number of esters is 1. The van der Waals surface area contributed by atoms with E-state index < -0.39 is 29.0 Å². The Hall–Kier alpha value is -5.25. The van der Waals surface area contributed by atoms with Crippen LogP contribution >= 0.6 is 0 Å². The lowest BCUT2D eigenvalue weighted by atomic mass is 9.74. The predicted octanol–water partition coefficient (Wildman–Crippen LogP) is 6.97. The molecule has 3 atom stereocenters. The Bertz CT molecular complexity index is 1850. The number of H-pyrrole nitrogens is 1. The summed E-state index contributed by atoms with van der Waals surface area (Å²) in [5.41, 5.74) is 2.06. The van der Waals surface area contributed by atoms with Crippen molar-refractivity contribution in [2.75, 3.05) is 0 Å². The molecule has 3 aromatic carbocycles. The van der Waals surface area contributed by atoms with Crippen molar-refractivity contribution in [3.05, 3.63) is 123 Å². The van der Waals surface area contributed by atoms with E-state index in [1.54, 1.807) is 38.1 Å². The third-order valence-corrected chi connectivity index (χ3v) is 9.91. The molecular formula is C40H46N4O6. The van der Waals surface area contributed by atoms with Crippen molar-refractivity contribution in [3.8, 4) is 11.5 Å². The summed E-state index contributed by atoms with van der Waals surface area (Å²) in [5.74, 6) is -0.448. The number of rotatable bonds is 13. The number of aromatic nitrogens is 2. The van der Waals surface area contributed by atoms with Crippen LogP contribution in [0.4, 0.5) is 0 Å². The van der Waals surface area contributed by atoms with E-state index in [9.17, 15) is 19.2 Å². The highest BCUT2D eigenvalue weighted by Gasteiger charge is 2.53. The van der Waals surface area contributed by atoms with Crippen LogP contribution in [-0.2, 0) is 20.9 Å². The van der Waals surface area contributed by atoms with Crippen LogP contribution in [0.15, 0.2) is 89.7 Å². The lowest BCUT2D eigenvalue weighted by molar-refractivity contribution is -0.165. The van der Waals surface area contributed by atoms with Crippen LogP contribution in [0, 0.1) is 19.3 Å². The number of carbonyl (C=O) groups excluding carboxylic acids is 3. The highest BCUT2D eigenvalue weighted by atomic mass is 16.5. The summed E-state index contributed by atoms with van der Waals surface area (Å²) in [6, 6.07) is 24.3. The second kappa shape index (κ2) is 16.0. The van der Waals surface area contributed by atoms with Crippen LogP contribution in [-0.4, -0.2) is 45.0 Å². The SMILES string of the molecule is CC[C@@H](NC(=O)c1ccc(Oc2cc(C)n[nH]c2=O)c(C)c1)C(=O)N1[C@H](c2ccccc2)CC[C@@H]1C(CC)(CC)C(=O)OCc1ccccc1. The first-order chi connectivity index (χ1) is 24.1. The molecule has 50 heavy (non-hydrogen) atoms.